The number of nitrogens with one attached hydrogen (secondary N) is 2. The first-order valence-corrected chi connectivity index (χ1v) is 7.24. The maximum absolute atomic E-state index is 12.0. The monoisotopic (exact) mass is 304 g/mol. The topological polar surface area (TPSA) is 70.7 Å². The number of hydrogen-bond donors (Lipinski definition) is 2. The zero-order valence-electron chi connectivity index (χ0n) is 12.7. The highest BCUT2D eigenvalue weighted by molar-refractivity contribution is 6.02. The van der Waals surface area contributed by atoms with Crippen molar-refractivity contribution in [2.45, 2.75) is 6.92 Å². The van der Waals surface area contributed by atoms with E-state index in [2.05, 4.69) is 20.5 Å². The van der Waals surface area contributed by atoms with Crippen LogP contribution in [0.25, 0.3) is 17.5 Å². The summed E-state index contributed by atoms with van der Waals surface area (Å²) in [6.07, 6.45) is 3.29. The molecule has 0 fully saturated rings. The van der Waals surface area contributed by atoms with E-state index < -0.39 is 0 Å². The Kier molecular flexibility index (Phi) is 4.29. The fraction of sp³-hybridized carbons (Fsp3) is 0.0556. The average molecular weight is 304 g/mol. The number of carbonyl (C=O) groups excluding carboxylic acids is 1. The van der Waals surface area contributed by atoms with Gasteiger partial charge in [0.1, 0.15) is 5.82 Å². The van der Waals surface area contributed by atoms with Crippen molar-refractivity contribution in [1.29, 1.82) is 0 Å². The number of H-pyrrole nitrogens is 1. The molecule has 0 bridgehead atoms. The van der Waals surface area contributed by atoms with Crippen LogP contribution in [0, 0.1) is 6.92 Å². The van der Waals surface area contributed by atoms with Gasteiger partial charge in [0.05, 0.1) is 0 Å². The van der Waals surface area contributed by atoms with Crippen molar-refractivity contribution in [3.05, 3.63) is 72.1 Å². The highest BCUT2D eigenvalue weighted by atomic mass is 16.1. The Morgan fingerprint density at radius 1 is 1.13 bits per heavy atom. The standard InChI is InChI=1S/C18H16N4O/c1-13-19-18(22-21-13)15-8-5-9-16(12-15)20-17(23)11-10-14-6-3-2-4-7-14/h2-12H,1H3,(H,20,23)(H,19,21,22)/b11-10+. The molecule has 0 unspecified atom stereocenters. The molecule has 0 aliphatic heterocycles. The predicted molar refractivity (Wildman–Crippen MR) is 90.7 cm³/mol. The Balaban J connectivity index is 1.70. The van der Waals surface area contributed by atoms with Crippen LogP contribution >= 0.6 is 0 Å². The quantitative estimate of drug-likeness (QED) is 0.725. The van der Waals surface area contributed by atoms with Crippen LogP contribution in [0.3, 0.4) is 0 Å². The van der Waals surface area contributed by atoms with Crippen LogP contribution in [0.2, 0.25) is 0 Å². The Morgan fingerprint density at radius 2 is 1.96 bits per heavy atom. The Labute approximate surface area is 134 Å². The fourth-order valence-electron chi connectivity index (χ4n) is 2.13. The van der Waals surface area contributed by atoms with Crippen LogP contribution in [0.4, 0.5) is 5.69 Å². The van der Waals surface area contributed by atoms with Gasteiger partial charge in [-0.1, -0.05) is 42.5 Å². The third-order valence-electron chi connectivity index (χ3n) is 3.21. The van der Waals surface area contributed by atoms with Crippen LogP contribution in [0.15, 0.2) is 60.7 Å². The van der Waals surface area contributed by atoms with Crippen molar-refractivity contribution >= 4 is 17.7 Å². The number of aromatic nitrogens is 3. The molecule has 0 spiro atoms. The number of benzene rings is 2. The number of anilines is 1. The summed E-state index contributed by atoms with van der Waals surface area (Å²) in [5, 5.41) is 9.76. The minimum atomic E-state index is -0.183. The van der Waals surface area contributed by atoms with Gasteiger partial charge in [-0.2, -0.15) is 5.10 Å². The molecule has 1 aromatic heterocycles. The number of aryl methyl sites for hydroxylation is 1. The third kappa shape index (κ3) is 3.91. The first-order chi connectivity index (χ1) is 11.2. The van der Waals surface area contributed by atoms with Crippen molar-refractivity contribution in [3.8, 4) is 11.4 Å². The maximum Gasteiger partial charge on any atom is 0.248 e. The van der Waals surface area contributed by atoms with Crippen LogP contribution < -0.4 is 5.32 Å². The molecule has 1 heterocycles. The van der Waals surface area contributed by atoms with Gasteiger partial charge in [0.2, 0.25) is 5.91 Å². The van der Waals surface area contributed by atoms with Gasteiger partial charge >= 0.3 is 0 Å². The van der Waals surface area contributed by atoms with E-state index in [9.17, 15) is 4.79 Å². The van der Waals surface area contributed by atoms with E-state index in [1.807, 2.05) is 61.5 Å². The highest BCUT2D eigenvalue weighted by Gasteiger charge is 2.05. The highest BCUT2D eigenvalue weighted by Crippen LogP contribution is 2.19. The normalized spacial score (nSPS) is 10.8. The minimum Gasteiger partial charge on any atom is -0.322 e. The second-order valence-electron chi connectivity index (χ2n) is 5.06. The lowest BCUT2D eigenvalue weighted by atomic mass is 10.2. The molecule has 5 heteroatoms. The van der Waals surface area contributed by atoms with E-state index in [1.165, 1.54) is 6.08 Å². The first-order valence-electron chi connectivity index (χ1n) is 7.24. The molecule has 114 valence electrons. The van der Waals surface area contributed by atoms with Gasteiger partial charge < -0.3 is 5.32 Å². The molecule has 0 aliphatic rings. The minimum absolute atomic E-state index is 0.183. The third-order valence-corrected chi connectivity index (χ3v) is 3.21. The summed E-state index contributed by atoms with van der Waals surface area (Å²) in [6, 6.07) is 17.1. The number of rotatable bonds is 4. The van der Waals surface area contributed by atoms with E-state index in [-0.39, 0.29) is 5.91 Å². The molecule has 2 N–H and O–H groups in total. The van der Waals surface area contributed by atoms with E-state index in [4.69, 9.17) is 0 Å². The van der Waals surface area contributed by atoms with Gasteiger partial charge in [-0.05, 0) is 30.7 Å². The summed E-state index contributed by atoms with van der Waals surface area (Å²) in [4.78, 5) is 16.3. The zero-order chi connectivity index (χ0) is 16.1. The van der Waals surface area contributed by atoms with Gasteiger partial charge in [0.25, 0.3) is 0 Å². The van der Waals surface area contributed by atoms with Crippen molar-refractivity contribution in [2.24, 2.45) is 0 Å². The van der Waals surface area contributed by atoms with Crippen LogP contribution in [-0.4, -0.2) is 21.1 Å². The van der Waals surface area contributed by atoms with Crippen molar-refractivity contribution in [1.82, 2.24) is 15.2 Å². The van der Waals surface area contributed by atoms with E-state index in [1.54, 1.807) is 6.08 Å². The summed E-state index contributed by atoms with van der Waals surface area (Å²) in [6.45, 7) is 1.84. The fourth-order valence-corrected chi connectivity index (χ4v) is 2.13. The second-order valence-corrected chi connectivity index (χ2v) is 5.06. The van der Waals surface area contributed by atoms with E-state index in [0.717, 1.165) is 17.0 Å². The number of nitrogens with zero attached hydrogens (tertiary/aromatic N) is 2. The number of amides is 1. The molecular weight excluding hydrogens is 288 g/mol. The molecule has 0 atom stereocenters. The average Bonchev–Trinajstić information content (AvgIpc) is 3.01. The maximum atomic E-state index is 12.0. The summed E-state index contributed by atoms with van der Waals surface area (Å²) < 4.78 is 0. The molecule has 23 heavy (non-hydrogen) atoms. The van der Waals surface area contributed by atoms with Gasteiger partial charge in [0.15, 0.2) is 5.82 Å². The summed E-state index contributed by atoms with van der Waals surface area (Å²) in [7, 11) is 0. The zero-order valence-corrected chi connectivity index (χ0v) is 12.7. The van der Waals surface area contributed by atoms with Gasteiger partial charge in [0, 0.05) is 17.3 Å². The smallest absolute Gasteiger partial charge is 0.248 e. The summed E-state index contributed by atoms with van der Waals surface area (Å²) >= 11 is 0. The Hall–Kier alpha value is -3.21. The molecule has 3 rings (SSSR count). The number of hydrogen-bond acceptors (Lipinski definition) is 3. The molecule has 5 nitrogen and oxygen atoms in total. The summed E-state index contributed by atoms with van der Waals surface area (Å²) in [5.74, 6) is 1.18. The molecule has 0 saturated carbocycles. The Bertz CT molecular complexity index is 837. The molecule has 0 saturated heterocycles. The van der Waals surface area contributed by atoms with Crippen molar-refractivity contribution in [3.63, 3.8) is 0 Å². The van der Waals surface area contributed by atoms with Crippen LogP contribution in [0.5, 0.6) is 0 Å². The molecular formula is C18H16N4O. The van der Waals surface area contributed by atoms with Crippen molar-refractivity contribution in [2.75, 3.05) is 5.32 Å². The molecule has 0 radical (unpaired) electrons. The lowest BCUT2D eigenvalue weighted by Crippen LogP contribution is -2.07. The van der Waals surface area contributed by atoms with Crippen LogP contribution in [0.1, 0.15) is 11.4 Å². The van der Waals surface area contributed by atoms with Gasteiger partial charge in [-0.25, -0.2) is 4.98 Å². The molecule has 2 aromatic carbocycles. The predicted octanol–water partition coefficient (Wildman–Crippen LogP) is 3.43. The molecule has 0 aliphatic carbocycles. The summed E-state index contributed by atoms with van der Waals surface area (Å²) in [5.41, 5.74) is 2.53. The lowest BCUT2D eigenvalue weighted by Gasteiger charge is -2.03. The molecule has 3 aromatic rings. The SMILES string of the molecule is Cc1nc(-c2cccc(NC(=O)/C=C/c3ccccc3)c2)n[nH]1. The van der Waals surface area contributed by atoms with Gasteiger partial charge in [-0.15, -0.1) is 0 Å². The largest absolute Gasteiger partial charge is 0.322 e. The van der Waals surface area contributed by atoms with E-state index >= 15 is 0 Å². The first kappa shape index (κ1) is 14.7. The number of aromatic amines is 1. The van der Waals surface area contributed by atoms with Gasteiger partial charge in [-0.3, -0.25) is 9.89 Å². The van der Waals surface area contributed by atoms with E-state index in [0.29, 0.717) is 11.5 Å². The molecule has 1 amide bonds. The lowest BCUT2D eigenvalue weighted by molar-refractivity contribution is -0.111. The van der Waals surface area contributed by atoms with Crippen LogP contribution in [-0.2, 0) is 4.79 Å². The second kappa shape index (κ2) is 6.70. The Morgan fingerprint density at radius 3 is 2.70 bits per heavy atom. The number of carbonyl (C=O) groups is 1. The van der Waals surface area contributed by atoms with Crippen molar-refractivity contribution < 1.29 is 4.79 Å².